The van der Waals surface area contributed by atoms with Crippen LogP contribution in [0.1, 0.15) is 21.6 Å². The lowest BCUT2D eigenvalue weighted by molar-refractivity contribution is 0.0762. The number of anilines is 2. The highest BCUT2D eigenvalue weighted by atomic mass is 16.5. The zero-order chi connectivity index (χ0) is 20.5. The van der Waals surface area contributed by atoms with Crippen LogP contribution in [-0.2, 0) is 17.8 Å². The summed E-state index contributed by atoms with van der Waals surface area (Å²) in [6, 6.07) is 17.4. The highest BCUT2D eigenvalue weighted by Gasteiger charge is 2.34. The van der Waals surface area contributed by atoms with E-state index in [0.717, 1.165) is 35.6 Å². The molecule has 1 saturated heterocycles. The fraction of sp³-hybridized carbons (Fsp3) is 0.261. The predicted molar refractivity (Wildman–Crippen MR) is 115 cm³/mol. The summed E-state index contributed by atoms with van der Waals surface area (Å²) in [6.07, 6.45) is 0. The lowest BCUT2D eigenvalue weighted by Crippen LogP contribution is -2.37. The van der Waals surface area contributed by atoms with Gasteiger partial charge in [0.05, 0.1) is 19.8 Å². The van der Waals surface area contributed by atoms with E-state index in [4.69, 9.17) is 15.5 Å². The third-order valence-corrected chi connectivity index (χ3v) is 5.52. The van der Waals surface area contributed by atoms with E-state index >= 15 is 0 Å². The molecule has 0 atom stereocenters. The highest BCUT2D eigenvalue weighted by molar-refractivity contribution is 5.98. The van der Waals surface area contributed by atoms with Crippen LogP contribution in [0.15, 0.2) is 54.6 Å². The molecule has 3 heterocycles. The molecule has 30 heavy (non-hydrogen) atoms. The first-order chi connectivity index (χ1) is 14.7. The summed E-state index contributed by atoms with van der Waals surface area (Å²) in [5, 5.41) is 0. The molecule has 2 N–H and O–H groups in total. The third kappa shape index (κ3) is 3.48. The van der Waals surface area contributed by atoms with E-state index in [2.05, 4.69) is 9.88 Å². The van der Waals surface area contributed by atoms with Crippen LogP contribution < -0.4 is 10.6 Å². The maximum Gasteiger partial charge on any atom is 0.273 e. The largest absolute Gasteiger partial charge is 0.399 e. The fourth-order valence-corrected chi connectivity index (χ4v) is 3.94. The van der Waals surface area contributed by atoms with Crippen molar-refractivity contribution in [2.75, 3.05) is 36.9 Å². The van der Waals surface area contributed by atoms with Gasteiger partial charge in [0, 0.05) is 36.4 Å². The van der Waals surface area contributed by atoms with Crippen molar-refractivity contribution in [2.45, 2.75) is 13.1 Å². The summed E-state index contributed by atoms with van der Waals surface area (Å²) < 4.78 is 5.51. The average molecular weight is 401 g/mol. The fourth-order valence-electron chi connectivity index (χ4n) is 3.94. The number of hydrogen-bond acceptors (Lipinski definition) is 6. The minimum Gasteiger partial charge on any atom is -0.399 e. The van der Waals surface area contributed by atoms with Crippen molar-refractivity contribution < 1.29 is 9.53 Å². The molecule has 3 aromatic rings. The Kier molecular flexibility index (Phi) is 4.80. The molecule has 1 amide bonds. The number of nitrogens with zero attached hydrogens (tertiary/aromatic N) is 4. The van der Waals surface area contributed by atoms with Gasteiger partial charge in [-0.2, -0.15) is 0 Å². The number of amides is 1. The minimum atomic E-state index is -0.0533. The number of benzene rings is 2. The zero-order valence-corrected chi connectivity index (χ0v) is 16.6. The van der Waals surface area contributed by atoms with Gasteiger partial charge in [-0.05, 0) is 29.8 Å². The molecule has 2 aromatic carbocycles. The van der Waals surface area contributed by atoms with Gasteiger partial charge >= 0.3 is 0 Å². The summed E-state index contributed by atoms with van der Waals surface area (Å²) in [5.74, 6) is 1.33. The standard InChI is InChI=1S/C23H23N5O2/c24-18-8-6-17(7-9-18)21-25-20-19(22(26-21)27-10-12-30-13-11-27)15-28(23(20)29)14-16-4-2-1-3-5-16/h1-9H,10-15,24H2. The molecule has 2 aliphatic heterocycles. The number of carbonyl (C=O) groups is 1. The number of nitrogen functional groups attached to an aromatic ring is 1. The number of aromatic nitrogens is 2. The molecule has 2 aliphatic rings. The Labute approximate surface area is 175 Å². The number of fused-ring (bicyclic) bond motifs is 1. The van der Waals surface area contributed by atoms with Gasteiger partial charge in [-0.1, -0.05) is 30.3 Å². The van der Waals surface area contributed by atoms with Crippen LogP contribution in [0.5, 0.6) is 0 Å². The van der Waals surface area contributed by atoms with Gasteiger partial charge in [0.15, 0.2) is 5.82 Å². The molecule has 1 aromatic heterocycles. The molecule has 7 nitrogen and oxygen atoms in total. The van der Waals surface area contributed by atoms with E-state index in [1.165, 1.54) is 0 Å². The van der Waals surface area contributed by atoms with Crippen molar-refractivity contribution in [3.8, 4) is 11.4 Å². The van der Waals surface area contributed by atoms with Gasteiger partial charge in [0.1, 0.15) is 11.5 Å². The summed E-state index contributed by atoms with van der Waals surface area (Å²) in [4.78, 5) is 26.8. The van der Waals surface area contributed by atoms with Crippen LogP contribution in [0.25, 0.3) is 11.4 Å². The second kappa shape index (κ2) is 7.76. The Morgan fingerprint density at radius 2 is 1.70 bits per heavy atom. The molecule has 7 heteroatoms. The highest BCUT2D eigenvalue weighted by Crippen LogP contribution is 2.33. The molecule has 0 spiro atoms. The van der Waals surface area contributed by atoms with Gasteiger partial charge in [-0.15, -0.1) is 0 Å². The second-order valence-corrected chi connectivity index (χ2v) is 7.57. The van der Waals surface area contributed by atoms with Crippen LogP contribution in [0.2, 0.25) is 0 Å². The molecule has 5 rings (SSSR count). The predicted octanol–water partition coefficient (Wildman–Crippen LogP) is 2.72. The van der Waals surface area contributed by atoms with Crippen molar-refractivity contribution in [2.24, 2.45) is 0 Å². The molecular formula is C23H23N5O2. The first-order valence-electron chi connectivity index (χ1n) is 10.1. The minimum absolute atomic E-state index is 0.0533. The van der Waals surface area contributed by atoms with Gasteiger partial charge in [0.25, 0.3) is 5.91 Å². The monoisotopic (exact) mass is 401 g/mol. The van der Waals surface area contributed by atoms with Gasteiger partial charge in [-0.3, -0.25) is 4.79 Å². The number of nitrogens with two attached hydrogens (primary N) is 1. The van der Waals surface area contributed by atoms with Crippen molar-refractivity contribution in [3.05, 3.63) is 71.4 Å². The maximum absolute atomic E-state index is 13.2. The molecule has 0 aliphatic carbocycles. The quantitative estimate of drug-likeness (QED) is 0.677. The Morgan fingerprint density at radius 1 is 0.967 bits per heavy atom. The van der Waals surface area contributed by atoms with E-state index in [0.29, 0.717) is 43.5 Å². The van der Waals surface area contributed by atoms with Crippen molar-refractivity contribution >= 4 is 17.4 Å². The van der Waals surface area contributed by atoms with Gasteiger partial charge < -0.3 is 20.3 Å². The van der Waals surface area contributed by atoms with Crippen LogP contribution in [0.4, 0.5) is 11.5 Å². The number of hydrogen-bond donors (Lipinski definition) is 1. The normalized spacial score (nSPS) is 16.1. The molecule has 1 fully saturated rings. The van der Waals surface area contributed by atoms with Crippen LogP contribution in [-0.4, -0.2) is 47.1 Å². The Balaban J connectivity index is 1.55. The molecule has 0 saturated carbocycles. The molecular weight excluding hydrogens is 378 g/mol. The summed E-state index contributed by atoms with van der Waals surface area (Å²) in [6.45, 7) is 3.86. The van der Waals surface area contributed by atoms with Crippen molar-refractivity contribution in [1.29, 1.82) is 0 Å². The van der Waals surface area contributed by atoms with Crippen LogP contribution >= 0.6 is 0 Å². The van der Waals surface area contributed by atoms with E-state index in [1.807, 2.05) is 59.5 Å². The first-order valence-corrected chi connectivity index (χ1v) is 10.1. The smallest absolute Gasteiger partial charge is 0.273 e. The second-order valence-electron chi connectivity index (χ2n) is 7.57. The van der Waals surface area contributed by atoms with Crippen LogP contribution in [0.3, 0.4) is 0 Å². The Morgan fingerprint density at radius 3 is 2.43 bits per heavy atom. The van der Waals surface area contributed by atoms with E-state index in [-0.39, 0.29) is 5.91 Å². The molecule has 0 bridgehead atoms. The van der Waals surface area contributed by atoms with E-state index in [9.17, 15) is 4.79 Å². The van der Waals surface area contributed by atoms with E-state index < -0.39 is 0 Å². The number of morpholine rings is 1. The summed E-state index contributed by atoms with van der Waals surface area (Å²) in [7, 11) is 0. The third-order valence-electron chi connectivity index (χ3n) is 5.52. The number of ether oxygens (including phenoxy) is 1. The summed E-state index contributed by atoms with van der Waals surface area (Å²) in [5.41, 5.74) is 9.84. The molecule has 0 radical (unpaired) electrons. The number of carbonyl (C=O) groups excluding carboxylic acids is 1. The summed E-state index contributed by atoms with van der Waals surface area (Å²) >= 11 is 0. The first kappa shape index (κ1) is 18.6. The Hall–Kier alpha value is -3.45. The lowest BCUT2D eigenvalue weighted by Gasteiger charge is -2.29. The molecule has 152 valence electrons. The lowest BCUT2D eigenvalue weighted by atomic mass is 10.1. The van der Waals surface area contributed by atoms with Crippen molar-refractivity contribution in [1.82, 2.24) is 14.9 Å². The topological polar surface area (TPSA) is 84.6 Å². The molecule has 0 unspecified atom stereocenters. The van der Waals surface area contributed by atoms with Crippen LogP contribution in [0, 0.1) is 0 Å². The van der Waals surface area contributed by atoms with Crippen molar-refractivity contribution in [3.63, 3.8) is 0 Å². The van der Waals surface area contributed by atoms with Gasteiger partial charge in [-0.25, -0.2) is 9.97 Å². The van der Waals surface area contributed by atoms with Gasteiger partial charge in [0.2, 0.25) is 0 Å². The maximum atomic E-state index is 13.2. The SMILES string of the molecule is Nc1ccc(-c2nc3c(c(N4CCOCC4)n2)CN(Cc2ccccc2)C3=O)cc1. The number of rotatable bonds is 4. The Bertz CT molecular complexity index is 1060. The zero-order valence-electron chi connectivity index (χ0n) is 16.6. The van der Waals surface area contributed by atoms with E-state index in [1.54, 1.807) is 0 Å². The average Bonchev–Trinajstić information content (AvgIpc) is 3.10.